The van der Waals surface area contributed by atoms with E-state index in [9.17, 15) is 4.79 Å². The molecule has 0 spiro atoms. The van der Waals surface area contributed by atoms with Gasteiger partial charge in [-0.05, 0) is 54.4 Å². The highest BCUT2D eigenvalue weighted by atomic mass is 28.4. The second-order valence-corrected chi connectivity index (χ2v) is 15.5. The number of hydrogen-bond acceptors (Lipinski definition) is 2. The highest BCUT2D eigenvalue weighted by Gasteiger charge is 2.58. The summed E-state index contributed by atoms with van der Waals surface area (Å²) in [5, 5.41) is 3.33. The Bertz CT molecular complexity index is 734. The maximum Gasteiger partial charge on any atom is 0.258 e. The average molecular weight is 414 g/mol. The van der Waals surface area contributed by atoms with Crippen molar-refractivity contribution in [2.45, 2.75) is 90.4 Å². The molecule has 1 saturated heterocycles. The first-order chi connectivity index (χ1) is 13.6. The molecule has 160 valence electrons. The lowest BCUT2D eigenvalue weighted by molar-refractivity contribution is -0.123. The first-order valence-corrected chi connectivity index (χ1v) is 13.5. The number of carbonyl (C=O) groups excluding carboxylic acids is 1. The molecule has 1 amide bonds. The molecule has 1 fully saturated rings. The summed E-state index contributed by atoms with van der Waals surface area (Å²) in [6, 6.07) is 10.6. The molecule has 29 heavy (non-hydrogen) atoms. The first kappa shape index (κ1) is 22.1. The molecule has 4 heteroatoms. The van der Waals surface area contributed by atoms with Crippen molar-refractivity contribution < 1.29 is 9.22 Å². The SMILES string of the molecule is CC(C)[Si](OC1=CCC[C@@H]2NC(=O)[C@H](Cc3ccccc3)[C@]12C)(C(C)C)C(C)C. The van der Waals surface area contributed by atoms with E-state index >= 15 is 0 Å². The Balaban J connectivity index is 2.00. The number of benzene rings is 1. The number of rotatable bonds is 7. The lowest BCUT2D eigenvalue weighted by Crippen LogP contribution is -2.51. The van der Waals surface area contributed by atoms with Gasteiger partial charge in [0.25, 0.3) is 8.32 Å². The topological polar surface area (TPSA) is 38.3 Å². The molecule has 1 heterocycles. The summed E-state index contributed by atoms with van der Waals surface area (Å²) in [6.45, 7) is 16.2. The molecular weight excluding hydrogens is 374 g/mol. The Kier molecular flexibility index (Phi) is 6.33. The van der Waals surface area contributed by atoms with Crippen molar-refractivity contribution in [3.8, 4) is 0 Å². The Morgan fingerprint density at radius 2 is 1.66 bits per heavy atom. The molecule has 0 radical (unpaired) electrons. The van der Waals surface area contributed by atoms with Gasteiger partial charge in [-0.25, -0.2) is 0 Å². The molecule has 3 rings (SSSR count). The maximum atomic E-state index is 13.1. The molecule has 1 N–H and O–H groups in total. The van der Waals surface area contributed by atoms with Crippen molar-refractivity contribution in [2.24, 2.45) is 11.3 Å². The van der Waals surface area contributed by atoms with Crippen molar-refractivity contribution >= 4 is 14.2 Å². The molecule has 1 aliphatic heterocycles. The Morgan fingerprint density at radius 3 is 2.21 bits per heavy atom. The van der Waals surface area contributed by atoms with E-state index in [2.05, 4.69) is 84.1 Å². The molecule has 3 nitrogen and oxygen atoms in total. The predicted octanol–water partition coefficient (Wildman–Crippen LogP) is 6.22. The molecule has 1 aliphatic carbocycles. The monoisotopic (exact) mass is 413 g/mol. The Hall–Kier alpha value is -1.55. The number of nitrogens with one attached hydrogen (secondary N) is 1. The van der Waals surface area contributed by atoms with Gasteiger partial charge in [-0.15, -0.1) is 0 Å². The van der Waals surface area contributed by atoms with E-state index in [1.165, 1.54) is 5.56 Å². The van der Waals surface area contributed by atoms with E-state index in [0.717, 1.165) is 25.0 Å². The summed E-state index contributed by atoms with van der Waals surface area (Å²) in [6.07, 6.45) is 5.05. The molecule has 0 saturated carbocycles. The summed E-state index contributed by atoms with van der Waals surface area (Å²) >= 11 is 0. The zero-order valence-corrected chi connectivity index (χ0v) is 20.3. The number of hydrogen-bond donors (Lipinski definition) is 1. The quantitative estimate of drug-likeness (QED) is 0.539. The van der Waals surface area contributed by atoms with Crippen LogP contribution in [0.2, 0.25) is 16.6 Å². The normalized spacial score (nSPS) is 27.2. The van der Waals surface area contributed by atoms with Gasteiger partial charge in [-0.1, -0.05) is 71.9 Å². The minimum Gasteiger partial charge on any atom is -0.545 e. The van der Waals surface area contributed by atoms with Gasteiger partial charge in [0.1, 0.15) is 0 Å². The van der Waals surface area contributed by atoms with Crippen LogP contribution < -0.4 is 5.32 Å². The van der Waals surface area contributed by atoms with Crippen molar-refractivity contribution in [1.82, 2.24) is 5.32 Å². The van der Waals surface area contributed by atoms with E-state index in [4.69, 9.17) is 4.43 Å². The van der Waals surface area contributed by atoms with Crippen LogP contribution in [0.4, 0.5) is 0 Å². The number of carbonyl (C=O) groups is 1. The van der Waals surface area contributed by atoms with E-state index in [1.807, 2.05) is 6.07 Å². The fourth-order valence-electron chi connectivity index (χ4n) is 6.10. The standard InChI is InChI=1S/C25H39NO2Si/c1-17(2)29(18(3)4,19(5)6)28-23-15-11-14-22-25(23,7)21(24(27)26-22)16-20-12-9-8-10-13-20/h8-10,12-13,15,17-19,21-22H,11,14,16H2,1-7H3,(H,26,27)/t21-,22-,25-/m0/s1. The number of allylic oxidation sites excluding steroid dienone is 1. The lowest BCUT2D eigenvalue weighted by atomic mass is 9.67. The van der Waals surface area contributed by atoms with Crippen LogP contribution in [0.5, 0.6) is 0 Å². The van der Waals surface area contributed by atoms with Gasteiger partial charge in [0.05, 0.1) is 17.1 Å². The maximum absolute atomic E-state index is 13.1. The first-order valence-electron chi connectivity index (χ1n) is 11.4. The van der Waals surface area contributed by atoms with Crippen molar-refractivity contribution in [2.75, 3.05) is 0 Å². The van der Waals surface area contributed by atoms with Gasteiger partial charge in [-0.3, -0.25) is 4.79 Å². The van der Waals surface area contributed by atoms with Crippen LogP contribution in [0.1, 0.15) is 66.9 Å². The summed E-state index contributed by atoms with van der Waals surface area (Å²) in [5.41, 5.74) is 2.50. The Morgan fingerprint density at radius 1 is 1.07 bits per heavy atom. The molecule has 1 aromatic rings. The fraction of sp³-hybridized carbons (Fsp3) is 0.640. The van der Waals surface area contributed by atoms with Gasteiger partial charge in [-0.2, -0.15) is 0 Å². The van der Waals surface area contributed by atoms with Crippen LogP contribution in [0.3, 0.4) is 0 Å². The van der Waals surface area contributed by atoms with Crippen LogP contribution in [0, 0.1) is 11.3 Å². The van der Waals surface area contributed by atoms with Gasteiger partial charge in [0.15, 0.2) is 0 Å². The average Bonchev–Trinajstić information content (AvgIpc) is 2.91. The molecule has 1 aromatic carbocycles. The molecular formula is C25H39NO2Si. The van der Waals surface area contributed by atoms with Crippen LogP contribution in [-0.4, -0.2) is 20.3 Å². The summed E-state index contributed by atoms with van der Waals surface area (Å²) in [4.78, 5) is 13.1. The third-order valence-corrected chi connectivity index (χ3v) is 13.7. The van der Waals surface area contributed by atoms with Gasteiger partial charge < -0.3 is 9.74 Å². The third kappa shape index (κ3) is 3.69. The van der Waals surface area contributed by atoms with Crippen LogP contribution in [-0.2, 0) is 15.6 Å². The van der Waals surface area contributed by atoms with E-state index in [-0.39, 0.29) is 23.3 Å². The summed E-state index contributed by atoms with van der Waals surface area (Å²) in [7, 11) is -2.07. The molecule has 3 atom stereocenters. The minimum absolute atomic E-state index is 0.0837. The van der Waals surface area contributed by atoms with Crippen LogP contribution in [0.25, 0.3) is 0 Å². The molecule has 0 unspecified atom stereocenters. The second-order valence-electron chi connectivity index (χ2n) is 10.2. The molecule has 2 aliphatic rings. The largest absolute Gasteiger partial charge is 0.545 e. The van der Waals surface area contributed by atoms with Crippen molar-refractivity contribution in [3.63, 3.8) is 0 Å². The third-order valence-electron chi connectivity index (χ3n) is 7.67. The van der Waals surface area contributed by atoms with Crippen molar-refractivity contribution in [3.05, 3.63) is 47.7 Å². The van der Waals surface area contributed by atoms with E-state index in [0.29, 0.717) is 16.6 Å². The zero-order chi connectivity index (χ0) is 21.4. The zero-order valence-electron chi connectivity index (χ0n) is 19.3. The van der Waals surface area contributed by atoms with Gasteiger partial charge >= 0.3 is 0 Å². The second kappa shape index (κ2) is 8.29. The minimum atomic E-state index is -2.07. The van der Waals surface area contributed by atoms with E-state index < -0.39 is 8.32 Å². The molecule has 0 aromatic heterocycles. The summed E-state index contributed by atoms with van der Waals surface area (Å²) < 4.78 is 7.20. The van der Waals surface area contributed by atoms with E-state index in [1.54, 1.807) is 0 Å². The Labute approximate surface area is 178 Å². The van der Waals surface area contributed by atoms with Crippen LogP contribution >= 0.6 is 0 Å². The highest BCUT2D eigenvalue weighted by Crippen LogP contribution is 2.53. The van der Waals surface area contributed by atoms with Crippen LogP contribution in [0.15, 0.2) is 42.2 Å². The predicted molar refractivity (Wildman–Crippen MR) is 123 cm³/mol. The number of amides is 1. The summed E-state index contributed by atoms with van der Waals surface area (Å²) in [5.74, 6) is 1.19. The molecule has 0 bridgehead atoms. The van der Waals surface area contributed by atoms with Gasteiger partial charge in [0.2, 0.25) is 5.91 Å². The fourth-order valence-corrected chi connectivity index (χ4v) is 11.5. The van der Waals surface area contributed by atoms with Gasteiger partial charge in [0, 0.05) is 6.04 Å². The van der Waals surface area contributed by atoms with Crippen molar-refractivity contribution in [1.29, 1.82) is 0 Å². The lowest BCUT2D eigenvalue weighted by Gasteiger charge is -2.48. The smallest absolute Gasteiger partial charge is 0.258 e. The number of fused-ring (bicyclic) bond motifs is 1. The highest BCUT2D eigenvalue weighted by molar-refractivity contribution is 6.77.